The molecule has 0 unspecified atom stereocenters. The van der Waals surface area contributed by atoms with Crippen molar-refractivity contribution in [2.45, 2.75) is 264 Å². The van der Waals surface area contributed by atoms with Crippen LogP contribution >= 0.6 is 0 Å². The van der Waals surface area contributed by atoms with Crippen molar-refractivity contribution < 1.29 is 0 Å². The molecular weight excluding hydrogens is 521 g/mol. The van der Waals surface area contributed by atoms with E-state index in [4.69, 9.17) is 0 Å². The number of hydrogen-bond acceptors (Lipinski definition) is 0. The monoisotopic (exact) mass is 606 g/mol. The highest BCUT2D eigenvalue weighted by Gasteiger charge is 2.04. The fraction of sp³-hybridized carbons (Fsp3) is 1.00. The molecule has 0 nitrogen and oxygen atoms in total. The molecule has 0 aliphatic rings. The molecule has 0 aliphatic heterocycles. The van der Waals surface area contributed by atoms with E-state index >= 15 is 0 Å². The minimum atomic E-state index is -0.0319. The zero-order chi connectivity index (χ0) is 30.4. The van der Waals surface area contributed by atoms with E-state index in [-0.39, 0.29) is 8.80 Å². The van der Waals surface area contributed by atoms with E-state index in [1.54, 1.807) is 12.1 Å². The summed E-state index contributed by atoms with van der Waals surface area (Å²) in [7, 11) is -0.0319. The van der Waals surface area contributed by atoms with Gasteiger partial charge in [-0.1, -0.05) is 264 Å². The molecule has 1 heteroatoms. The number of rotatable bonds is 38. The predicted molar refractivity (Wildman–Crippen MR) is 199 cm³/mol. The van der Waals surface area contributed by atoms with Crippen molar-refractivity contribution in [3.8, 4) is 0 Å². The summed E-state index contributed by atoms with van der Waals surface area (Å²) in [4.78, 5) is 0. The molecule has 1 radical (unpaired) electrons. The second kappa shape index (κ2) is 39.2. The first-order valence-electron chi connectivity index (χ1n) is 20.6. The van der Waals surface area contributed by atoms with Crippen LogP contribution in [0.4, 0.5) is 0 Å². The summed E-state index contributed by atoms with van der Waals surface area (Å²) in [5.41, 5.74) is 0. The van der Waals surface area contributed by atoms with Crippen molar-refractivity contribution in [2.75, 3.05) is 0 Å². The van der Waals surface area contributed by atoms with Gasteiger partial charge in [-0.25, -0.2) is 0 Å². The Morgan fingerprint density at radius 1 is 0.214 bits per heavy atom. The summed E-state index contributed by atoms with van der Waals surface area (Å²) in [5.74, 6) is 0. The van der Waals surface area contributed by atoms with Crippen molar-refractivity contribution in [3.05, 3.63) is 0 Å². The molecule has 0 saturated carbocycles. The van der Waals surface area contributed by atoms with Gasteiger partial charge in [-0.3, -0.25) is 0 Å². The van der Waals surface area contributed by atoms with E-state index in [9.17, 15) is 0 Å². The van der Waals surface area contributed by atoms with E-state index in [0.717, 1.165) is 0 Å². The van der Waals surface area contributed by atoms with E-state index in [1.165, 1.54) is 231 Å². The first kappa shape index (κ1) is 42.2. The predicted octanol–water partition coefficient (Wildman–Crippen LogP) is 16.2. The Hall–Kier alpha value is 0.217. The molecule has 0 N–H and O–H groups in total. The molecule has 0 aromatic rings. The quantitative estimate of drug-likeness (QED) is 0.0485. The van der Waals surface area contributed by atoms with Gasteiger partial charge in [0.25, 0.3) is 0 Å². The van der Waals surface area contributed by atoms with Gasteiger partial charge in [0.2, 0.25) is 0 Å². The summed E-state index contributed by atoms with van der Waals surface area (Å²) in [6.45, 7) is 7.24. The molecule has 0 aromatic heterocycles. The SMILES string of the molecule is CCCCCCCCCCCCCCCCCCCC[Si](C)CCCCCCCCCCCCCCCCCCCC. The third-order valence-electron chi connectivity index (χ3n) is 9.91. The maximum Gasteiger partial charge on any atom is 0.0446 e. The lowest BCUT2D eigenvalue weighted by atomic mass is 10.0. The van der Waals surface area contributed by atoms with Crippen LogP contribution < -0.4 is 0 Å². The zero-order valence-electron chi connectivity index (χ0n) is 30.4. The highest BCUT2D eigenvalue weighted by atomic mass is 28.3. The molecule has 0 saturated heterocycles. The van der Waals surface area contributed by atoms with Gasteiger partial charge in [0.1, 0.15) is 0 Å². The minimum absolute atomic E-state index is 0.0319. The molecule has 0 aliphatic carbocycles. The smallest absolute Gasteiger partial charge is 0.0446 e. The van der Waals surface area contributed by atoms with Crippen molar-refractivity contribution >= 4 is 8.80 Å². The van der Waals surface area contributed by atoms with Gasteiger partial charge in [-0.2, -0.15) is 0 Å². The molecule has 0 aromatic carbocycles. The Balaban J connectivity index is 3.13. The van der Waals surface area contributed by atoms with Crippen LogP contribution in [-0.2, 0) is 0 Å². The van der Waals surface area contributed by atoms with Crippen LogP contribution in [0.5, 0.6) is 0 Å². The van der Waals surface area contributed by atoms with Gasteiger partial charge in [0.05, 0.1) is 0 Å². The molecule has 253 valence electrons. The Bertz CT molecular complexity index is 406. The van der Waals surface area contributed by atoms with Crippen LogP contribution in [0.25, 0.3) is 0 Å². The third kappa shape index (κ3) is 38.2. The second-order valence-electron chi connectivity index (χ2n) is 14.5. The molecule has 0 spiro atoms. The highest BCUT2D eigenvalue weighted by Crippen LogP contribution is 2.18. The summed E-state index contributed by atoms with van der Waals surface area (Å²) < 4.78 is 0. The highest BCUT2D eigenvalue weighted by molar-refractivity contribution is 6.57. The van der Waals surface area contributed by atoms with E-state index < -0.39 is 0 Å². The number of hydrogen-bond donors (Lipinski definition) is 0. The Labute approximate surface area is 271 Å². The molecule has 0 bridgehead atoms. The maximum atomic E-state index is 2.62. The van der Waals surface area contributed by atoms with Gasteiger partial charge in [0, 0.05) is 8.80 Å². The molecule has 42 heavy (non-hydrogen) atoms. The lowest BCUT2D eigenvalue weighted by Crippen LogP contribution is -2.05. The number of unbranched alkanes of at least 4 members (excludes halogenated alkanes) is 34. The van der Waals surface area contributed by atoms with Crippen molar-refractivity contribution in [1.29, 1.82) is 0 Å². The molecule has 0 fully saturated rings. The summed E-state index contributed by atoms with van der Waals surface area (Å²) in [5, 5.41) is 0. The third-order valence-corrected chi connectivity index (χ3v) is 12.3. The molecule has 0 amide bonds. The van der Waals surface area contributed by atoms with Gasteiger partial charge < -0.3 is 0 Å². The fourth-order valence-electron chi connectivity index (χ4n) is 6.78. The minimum Gasteiger partial charge on any atom is -0.0711 e. The Morgan fingerprint density at radius 3 is 0.524 bits per heavy atom. The first-order valence-corrected chi connectivity index (χ1v) is 23.0. The molecule has 0 heterocycles. The van der Waals surface area contributed by atoms with Gasteiger partial charge in [-0.05, 0) is 0 Å². The lowest BCUT2D eigenvalue weighted by molar-refractivity contribution is 0.526. The Morgan fingerprint density at radius 2 is 0.357 bits per heavy atom. The molecule has 0 rings (SSSR count). The van der Waals surface area contributed by atoms with Crippen molar-refractivity contribution in [2.24, 2.45) is 0 Å². The van der Waals surface area contributed by atoms with Crippen LogP contribution in [0.2, 0.25) is 18.6 Å². The van der Waals surface area contributed by atoms with Crippen LogP contribution in [0.1, 0.15) is 245 Å². The summed E-state index contributed by atoms with van der Waals surface area (Å²) in [6, 6.07) is 3.17. The standard InChI is InChI=1S/C41H85Si/c1-4-6-8-10-12-14-16-18-20-22-24-26-28-30-32-34-36-38-40-42(3)41-39-37-35-33-31-29-27-25-23-21-19-17-15-13-11-9-7-5-2/h4-41H2,1-3H3. The van der Waals surface area contributed by atoms with Crippen LogP contribution in [-0.4, -0.2) is 8.80 Å². The van der Waals surface area contributed by atoms with Crippen LogP contribution in [0.3, 0.4) is 0 Å². The maximum absolute atomic E-state index is 2.62. The first-order chi connectivity index (χ1) is 20.8. The normalized spacial score (nSPS) is 11.7. The van der Waals surface area contributed by atoms with Crippen LogP contribution in [0, 0.1) is 0 Å². The second-order valence-corrected chi connectivity index (χ2v) is 17.4. The van der Waals surface area contributed by atoms with E-state index in [0.29, 0.717) is 0 Å². The summed E-state index contributed by atoms with van der Waals surface area (Å²) >= 11 is 0. The van der Waals surface area contributed by atoms with Crippen molar-refractivity contribution in [1.82, 2.24) is 0 Å². The molecule has 0 atom stereocenters. The zero-order valence-corrected chi connectivity index (χ0v) is 31.4. The lowest BCUT2D eigenvalue weighted by Gasteiger charge is -2.09. The van der Waals surface area contributed by atoms with Gasteiger partial charge >= 0.3 is 0 Å². The average molecular weight is 606 g/mol. The largest absolute Gasteiger partial charge is 0.0711 e. The topological polar surface area (TPSA) is 0 Å². The van der Waals surface area contributed by atoms with Crippen LogP contribution in [0.15, 0.2) is 0 Å². The van der Waals surface area contributed by atoms with E-state index in [1.807, 2.05) is 0 Å². The summed E-state index contributed by atoms with van der Waals surface area (Å²) in [6.07, 6.45) is 53.5. The van der Waals surface area contributed by atoms with E-state index in [2.05, 4.69) is 20.4 Å². The Kier molecular flexibility index (Phi) is 39.4. The average Bonchev–Trinajstić information content (AvgIpc) is 3.00. The van der Waals surface area contributed by atoms with Gasteiger partial charge in [-0.15, -0.1) is 0 Å². The fourth-order valence-corrected chi connectivity index (χ4v) is 8.74. The van der Waals surface area contributed by atoms with Crippen molar-refractivity contribution in [3.63, 3.8) is 0 Å². The van der Waals surface area contributed by atoms with Gasteiger partial charge in [0.15, 0.2) is 0 Å². The molecular formula is C41H85Si.